The molecule has 1 aliphatic heterocycles. The highest BCUT2D eigenvalue weighted by atomic mass is 16.5. The monoisotopic (exact) mass is 238 g/mol. The molecule has 0 radical (unpaired) electrons. The van der Waals surface area contributed by atoms with Crippen LogP contribution in [-0.4, -0.2) is 30.6 Å². The van der Waals surface area contributed by atoms with Crippen LogP contribution in [0, 0.1) is 0 Å². The van der Waals surface area contributed by atoms with Crippen LogP contribution in [0.15, 0.2) is 22.8 Å². The second-order valence-electron chi connectivity index (χ2n) is 4.26. The number of rotatable bonds is 4. The van der Waals surface area contributed by atoms with Gasteiger partial charge in [-0.15, -0.1) is 0 Å². The molecule has 17 heavy (non-hydrogen) atoms. The number of imide groups is 1. The summed E-state index contributed by atoms with van der Waals surface area (Å²) in [5, 5.41) is 2.27. The summed E-state index contributed by atoms with van der Waals surface area (Å²) in [5.74, 6) is -0.258. The number of ether oxygens (including phenoxy) is 1. The Kier molecular flexibility index (Phi) is 3.26. The number of amides is 2. The average molecular weight is 238 g/mol. The maximum atomic E-state index is 11.5. The SMILES string of the molecule is NC1(CC(=O)NC(=O)Cc2ccco2)COC1. The molecule has 6 nitrogen and oxygen atoms in total. The van der Waals surface area contributed by atoms with E-state index in [0.717, 1.165) is 0 Å². The van der Waals surface area contributed by atoms with Gasteiger partial charge < -0.3 is 14.9 Å². The molecule has 0 spiro atoms. The van der Waals surface area contributed by atoms with Crippen LogP contribution < -0.4 is 11.1 Å². The second-order valence-corrected chi connectivity index (χ2v) is 4.26. The van der Waals surface area contributed by atoms with Crippen molar-refractivity contribution in [2.75, 3.05) is 13.2 Å². The molecule has 0 saturated carbocycles. The predicted octanol–water partition coefficient (Wildman–Crippen LogP) is -0.417. The van der Waals surface area contributed by atoms with E-state index in [2.05, 4.69) is 5.32 Å². The molecule has 3 N–H and O–H groups in total. The van der Waals surface area contributed by atoms with Gasteiger partial charge in [-0.05, 0) is 12.1 Å². The van der Waals surface area contributed by atoms with E-state index in [-0.39, 0.29) is 18.7 Å². The van der Waals surface area contributed by atoms with Gasteiger partial charge in [0.2, 0.25) is 11.8 Å². The molecule has 1 aromatic heterocycles. The third kappa shape index (κ3) is 3.15. The van der Waals surface area contributed by atoms with Crippen molar-refractivity contribution < 1.29 is 18.7 Å². The smallest absolute Gasteiger partial charge is 0.234 e. The summed E-state index contributed by atoms with van der Waals surface area (Å²) < 4.78 is 9.93. The van der Waals surface area contributed by atoms with Gasteiger partial charge in [0.25, 0.3) is 0 Å². The van der Waals surface area contributed by atoms with Crippen LogP contribution >= 0.6 is 0 Å². The van der Waals surface area contributed by atoms with Crippen molar-refractivity contribution >= 4 is 11.8 Å². The minimum absolute atomic E-state index is 0.0484. The molecule has 1 aliphatic rings. The molecule has 2 rings (SSSR count). The predicted molar refractivity (Wildman–Crippen MR) is 57.9 cm³/mol. The Labute approximate surface area is 98.1 Å². The van der Waals surface area contributed by atoms with Crippen molar-refractivity contribution in [2.45, 2.75) is 18.4 Å². The van der Waals surface area contributed by atoms with Crippen molar-refractivity contribution in [3.63, 3.8) is 0 Å². The first-order chi connectivity index (χ1) is 8.07. The highest BCUT2D eigenvalue weighted by molar-refractivity contribution is 5.96. The van der Waals surface area contributed by atoms with Crippen LogP contribution in [0.25, 0.3) is 0 Å². The second kappa shape index (κ2) is 4.68. The van der Waals surface area contributed by atoms with Gasteiger partial charge >= 0.3 is 0 Å². The third-order valence-corrected chi connectivity index (χ3v) is 2.49. The van der Waals surface area contributed by atoms with E-state index in [9.17, 15) is 9.59 Å². The lowest BCUT2D eigenvalue weighted by Gasteiger charge is -2.36. The molecule has 2 amide bonds. The molecule has 0 aromatic carbocycles. The number of hydrogen-bond acceptors (Lipinski definition) is 5. The Balaban J connectivity index is 1.76. The normalized spacial score (nSPS) is 17.2. The topological polar surface area (TPSA) is 94.6 Å². The van der Waals surface area contributed by atoms with Crippen molar-refractivity contribution in [3.05, 3.63) is 24.2 Å². The summed E-state index contributed by atoms with van der Waals surface area (Å²) in [6.45, 7) is 0.708. The van der Waals surface area contributed by atoms with Crippen molar-refractivity contribution in [1.82, 2.24) is 5.32 Å². The lowest BCUT2D eigenvalue weighted by atomic mass is 9.94. The largest absolute Gasteiger partial charge is 0.469 e. The van der Waals surface area contributed by atoms with Gasteiger partial charge in [0.05, 0.1) is 31.4 Å². The third-order valence-electron chi connectivity index (χ3n) is 2.49. The van der Waals surface area contributed by atoms with E-state index in [1.165, 1.54) is 6.26 Å². The Morgan fingerprint density at radius 2 is 2.18 bits per heavy atom. The highest BCUT2D eigenvalue weighted by Gasteiger charge is 2.36. The number of furan rings is 1. The number of carbonyl (C=O) groups is 2. The zero-order chi connectivity index (χ0) is 12.3. The summed E-state index contributed by atoms with van der Waals surface area (Å²) in [6.07, 6.45) is 1.62. The molecular formula is C11H14N2O4. The van der Waals surface area contributed by atoms with Crippen LogP contribution in [0.1, 0.15) is 12.2 Å². The van der Waals surface area contributed by atoms with Gasteiger partial charge in [0.15, 0.2) is 0 Å². The molecule has 1 saturated heterocycles. The van der Waals surface area contributed by atoms with E-state index in [0.29, 0.717) is 19.0 Å². The molecular weight excluding hydrogens is 224 g/mol. The Bertz CT molecular complexity index is 409. The number of hydrogen-bond donors (Lipinski definition) is 2. The summed E-state index contributed by atoms with van der Waals surface area (Å²) in [4.78, 5) is 22.9. The first-order valence-electron chi connectivity index (χ1n) is 5.29. The van der Waals surface area contributed by atoms with Gasteiger partial charge in [-0.1, -0.05) is 0 Å². The maximum absolute atomic E-state index is 11.5. The molecule has 0 atom stereocenters. The zero-order valence-corrected chi connectivity index (χ0v) is 9.27. The standard InChI is InChI=1S/C11H14N2O4/c12-11(6-16-7-11)5-10(15)13-9(14)4-8-2-1-3-17-8/h1-3H,4-7,12H2,(H,13,14,15). The lowest BCUT2D eigenvalue weighted by molar-refractivity contribution is -0.134. The minimum atomic E-state index is -0.616. The molecule has 92 valence electrons. The van der Waals surface area contributed by atoms with Gasteiger partial charge in [-0.3, -0.25) is 14.9 Å². The zero-order valence-electron chi connectivity index (χ0n) is 9.27. The minimum Gasteiger partial charge on any atom is -0.469 e. The Morgan fingerprint density at radius 3 is 2.71 bits per heavy atom. The molecule has 2 heterocycles. The highest BCUT2D eigenvalue weighted by Crippen LogP contribution is 2.17. The van der Waals surface area contributed by atoms with E-state index >= 15 is 0 Å². The number of nitrogens with two attached hydrogens (primary N) is 1. The fourth-order valence-electron chi connectivity index (χ4n) is 1.60. The fraction of sp³-hybridized carbons (Fsp3) is 0.455. The Hall–Kier alpha value is -1.66. The van der Waals surface area contributed by atoms with Crippen LogP contribution in [0.3, 0.4) is 0 Å². The molecule has 6 heteroatoms. The quantitative estimate of drug-likeness (QED) is 0.743. The summed E-state index contributed by atoms with van der Waals surface area (Å²) in [6, 6.07) is 3.36. The lowest BCUT2D eigenvalue weighted by Crippen LogP contribution is -2.59. The molecule has 0 aliphatic carbocycles. The van der Waals surface area contributed by atoms with Gasteiger partial charge in [0, 0.05) is 6.42 Å². The summed E-state index contributed by atoms with van der Waals surface area (Å²) in [7, 11) is 0. The first kappa shape index (κ1) is 11.8. The van der Waals surface area contributed by atoms with E-state index in [4.69, 9.17) is 14.9 Å². The molecule has 1 fully saturated rings. The van der Waals surface area contributed by atoms with Gasteiger partial charge in [-0.25, -0.2) is 0 Å². The Morgan fingerprint density at radius 1 is 1.41 bits per heavy atom. The van der Waals surface area contributed by atoms with Crippen molar-refractivity contribution in [2.24, 2.45) is 5.73 Å². The van der Waals surface area contributed by atoms with Gasteiger partial charge in [-0.2, -0.15) is 0 Å². The van der Waals surface area contributed by atoms with Crippen LogP contribution in [0.5, 0.6) is 0 Å². The fourth-order valence-corrected chi connectivity index (χ4v) is 1.60. The van der Waals surface area contributed by atoms with E-state index in [1.54, 1.807) is 12.1 Å². The summed E-state index contributed by atoms with van der Waals surface area (Å²) >= 11 is 0. The maximum Gasteiger partial charge on any atom is 0.234 e. The van der Waals surface area contributed by atoms with Crippen molar-refractivity contribution in [3.8, 4) is 0 Å². The van der Waals surface area contributed by atoms with E-state index < -0.39 is 11.4 Å². The van der Waals surface area contributed by atoms with Crippen LogP contribution in [-0.2, 0) is 20.7 Å². The van der Waals surface area contributed by atoms with Crippen molar-refractivity contribution in [1.29, 1.82) is 0 Å². The number of nitrogens with one attached hydrogen (secondary N) is 1. The first-order valence-corrected chi connectivity index (χ1v) is 5.29. The van der Waals surface area contributed by atoms with E-state index in [1.807, 2.05) is 0 Å². The number of carbonyl (C=O) groups excluding carboxylic acids is 2. The molecule has 1 aromatic rings. The van der Waals surface area contributed by atoms with Gasteiger partial charge in [0.1, 0.15) is 5.76 Å². The molecule has 0 unspecified atom stereocenters. The van der Waals surface area contributed by atoms with Crippen LogP contribution in [0.2, 0.25) is 0 Å². The van der Waals surface area contributed by atoms with Crippen LogP contribution in [0.4, 0.5) is 0 Å². The molecule has 0 bridgehead atoms. The summed E-state index contributed by atoms with van der Waals surface area (Å²) in [5.41, 5.74) is 5.18. The average Bonchev–Trinajstić information content (AvgIpc) is 2.67.